The van der Waals surface area contributed by atoms with Crippen LogP contribution in [0.4, 0.5) is 0 Å². The molecule has 0 aromatic heterocycles. The fourth-order valence-electron chi connectivity index (χ4n) is 4.63. The van der Waals surface area contributed by atoms with Crippen molar-refractivity contribution in [2.75, 3.05) is 18.6 Å². The number of benzene rings is 1. The molecule has 0 spiro atoms. The molecule has 1 aliphatic carbocycles. The monoisotopic (exact) mass is 436 g/mol. The van der Waals surface area contributed by atoms with Crippen molar-refractivity contribution in [3.05, 3.63) is 29.8 Å². The molecule has 4 rings (SSSR count). The molecule has 2 atom stereocenters. The zero-order valence-corrected chi connectivity index (χ0v) is 18.4. The van der Waals surface area contributed by atoms with Gasteiger partial charge in [-0.1, -0.05) is 49.2 Å². The van der Waals surface area contributed by atoms with E-state index in [-0.39, 0.29) is 28.7 Å². The lowest BCUT2D eigenvalue weighted by Gasteiger charge is -2.25. The predicted molar refractivity (Wildman–Crippen MR) is 116 cm³/mol. The summed E-state index contributed by atoms with van der Waals surface area (Å²) < 4.78 is 29.8. The molecule has 6 nitrogen and oxygen atoms in total. The molecular weight excluding hydrogens is 408 g/mol. The van der Waals surface area contributed by atoms with Gasteiger partial charge in [0, 0.05) is 23.8 Å². The van der Waals surface area contributed by atoms with Crippen molar-refractivity contribution < 1.29 is 17.9 Å². The molecule has 158 valence electrons. The summed E-state index contributed by atoms with van der Waals surface area (Å²) in [5.74, 6) is 1.40. The summed E-state index contributed by atoms with van der Waals surface area (Å²) in [6, 6.07) is 7.58. The maximum atomic E-state index is 12.7. The topological polar surface area (TPSA) is 76.0 Å². The Bertz CT molecular complexity index is 894. The van der Waals surface area contributed by atoms with Crippen LogP contribution in [0.3, 0.4) is 0 Å². The number of ether oxygens (including phenoxy) is 1. The number of methoxy groups -OCH3 is 1. The van der Waals surface area contributed by atoms with Crippen LogP contribution >= 0.6 is 11.8 Å². The molecule has 0 radical (unpaired) electrons. The highest BCUT2D eigenvalue weighted by Crippen LogP contribution is 2.40. The zero-order chi connectivity index (χ0) is 20.4. The summed E-state index contributed by atoms with van der Waals surface area (Å²) in [6.45, 7) is 0.489. The third kappa shape index (κ3) is 4.79. The molecule has 2 unspecified atom stereocenters. The van der Waals surface area contributed by atoms with Crippen LogP contribution in [0.15, 0.2) is 29.3 Å². The lowest BCUT2D eigenvalue weighted by molar-refractivity contribution is -0.118. The number of sulfone groups is 1. The lowest BCUT2D eigenvalue weighted by Crippen LogP contribution is -2.37. The largest absolute Gasteiger partial charge is 0.496 e. The van der Waals surface area contributed by atoms with E-state index in [0.717, 1.165) is 24.2 Å². The maximum Gasteiger partial charge on any atom is 0.248 e. The first kappa shape index (κ1) is 20.7. The van der Waals surface area contributed by atoms with E-state index in [9.17, 15) is 13.2 Å². The van der Waals surface area contributed by atoms with Gasteiger partial charge in [-0.25, -0.2) is 8.42 Å². The van der Waals surface area contributed by atoms with Gasteiger partial charge in [-0.15, -0.1) is 0 Å². The molecule has 2 saturated heterocycles. The number of amidine groups is 1. The Morgan fingerprint density at radius 3 is 2.72 bits per heavy atom. The smallest absolute Gasteiger partial charge is 0.248 e. The van der Waals surface area contributed by atoms with E-state index in [0.29, 0.717) is 24.1 Å². The number of hydrogen-bond donors (Lipinski definition) is 0. The van der Waals surface area contributed by atoms with Crippen molar-refractivity contribution in [2.45, 2.75) is 56.4 Å². The predicted octanol–water partition coefficient (Wildman–Crippen LogP) is 3.26. The third-order valence-electron chi connectivity index (χ3n) is 6.12. The van der Waals surface area contributed by atoms with Crippen molar-refractivity contribution in [3.8, 4) is 5.75 Å². The van der Waals surface area contributed by atoms with Crippen LogP contribution in [-0.4, -0.2) is 54.3 Å². The van der Waals surface area contributed by atoms with Crippen LogP contribution in [0.2, 0.25) is 0 Å². The fourth-order valence-corrected chi connectivity index (χ4v) is 8.60. The second-order valence-corrected chi connectivity index (χ2v) is 11.6. The highest BCUT2D eigenvalue weighted by atomic mass is 32.2. The molecule has 8 heteroatoms. The van der Waals surface area contributed by atoms with Crippen molar-refractivity contribution >= 4 is 32.7 Å². The summed E-state index contributed by atoms with van der Waals surface area (Å²) in [4.78, 5) is 19.1. The van der Waals surface area contributed by atoms with E-state index in [4.69, 9.17) is 4.74 Å². The molecule has 29 heavy (non-hydrogen) atoms. The Morgan fingerprint density at radius 2 is 1.97 bits per heavy atom. The van der Waals surface area contributed by atoms with Gasteiger partial charge >= 0.3 is 0 Å². The highest BCUT2D eigenvalue weighted by Gasteiger charge is 2.48. The number of carbonyl (C=O) groups is 1. The normalized spacial score (nSPS) is 27.9. The molecule has 2 aliphatic heterocycles. The fraction of sp³-hybridized carbons (Fsp3) is 0.619. The van der Waals surface area contributed by atoms with Gasteiger partial charge < -0.3 is 9.64 Å². The average molecular weight is 437 g/mol. The minimum atomic E-state index is -3.05. The minimum Gasteiger partial charge on any atom is -0.496 e. The van der Waals surface area contributed by atoms with Crippen LogP contribution in [-0.2, 0) is 21.2 Å². The summed E-state index contributed by atoms with van der Waals surface area (Å²) in [6.07, 6.45) is 6.38. The Hall–Kier alpha value is -1.54. The number of fused-ring (bicyclic) bond motifs is 1. The van der Waals surface area contributed by atoms with Crippen molar-refractivity contribution in [1.82, 2.24) is 4.90 Å². The quantitative estimate of drug-likeness (QED) is 0.705. The van der Waals surface area contributed by atoms with Crippen LogP contribution in [0.1, 0.15) is 44.1 Å². The Labute approximate surface area is 177 Å². The van der Waals surface area contributed by atoms with Gasteiger partial charge in [0.15, 0.2) is 15.0 Å². The van der Waals surface area contributed by atoms with E-state index < -0.39 is 9.84 Å². The van der Waals surface area contributed by atoms with Crippen LogP contribution in [0, 0.1) is 5.92 Å². The van der Waals surface area contributed by atoms with Gasteiger partial charge in [0.25, 0.3) is 0 Å². The second-order valence-electron chi connectivity index (χ2n) is 8.24. The van der Waals surface area contributed by atoms with E-state index in [1.54, 1.807) is 7.11 Å². The number of amides is 1. The molecule has 1 saturated carbocycles. The molecule has 3 fully saturated rings. The highest BCUT2D eigenvalue weighted by molar-refractivity contribution is 8.15. The van der Waals surface area contributed by atoms with Crippen molar-refractivity contribution in [3.63, 3.8) is 0 Å². The first-order valence-corrected chi connectivity index (χ1v) is 13.0. The first-order chi connectivity index (χ1) is 13.9. The number of aliphatic imine (C=N–C) groups is 1. The third-order valence-corrected chi connectivity index (χ3v) is 9.36. The van der Waals surface area contributed by atoms with Crippen molar-refractivity contribution in [2.24, 2.45) is 10.9 Å². The second kappa shape index (κ2) is 8.68. The van der Waals surface area contributed by atoms with E-state index >= 15 is 0 Å². The number of nitrogens with zero attached hydrogens (tertiary/aromatic N) is 2. The maximum absolute atomic E-state index is 12.7. The van der Waals surface area contributed by atoms with Gasteiger partial charge in [0.2, 0.25) is 5.91 Å². The SMILES string of the molecule is COc1ccccc1CN1C(=NC(=O)CC2CCCCC2)SC2CS(=O)(=O)CC21. The van der Waals surface area contributed by atoms with E-state index in [1.165, 1.54) is 31.0 Å². The Balaban J connectivity index is 1.55. The lowest BCUT2D eigenvalue weighted by atomic mass is 9.87. The molecule has 0 N–H and O–H groups in total. The number of hydrogen-bond acceptors (Lipinski definition) is 5. The van der Waals surface area contributed by atoms with Gasteiger partial charge in [-0.3, -0.25) is 4.79 Å². The molecule has 0 bridgehead atoms. The molecule has 1 aromatic rings. The molecule has 2 heterocycles. The van der Waals surface area contributed by atoms with Crippen LogP contribution in [0.5, 0.6) is 5.75 Å². The minimum absolute atomic E-state index is 0.0593. The standard InChI is InChI=1S/C21H28N2O4S2/c1-27-18-10-6-5-9-16(18)12-23-17-13-29(25,26)14-19(17)28-21(23)22-20(24)11-15-7-3-2-4-8-15/h5-6,9-10,15,17,19H,2-4,7-8,11-14H2,1H3. The first-order valence-electron chi connectivity index (χ1n) is 10.3. The van der Waals surface area contributed by atoms with Crippen molar-refractivity contribution in [1.29, 1.82) is 0 Å². The average Bonchev–Trinajstić information content (AvgIpc) is 3.15. The Kier molecular flexibility index (Phi) is 6.20. The number of carbonyl (C=O) groups excluding carboxylic acids is 1. The summed E-state index contributed by atoms with van der Waals surface area (Å²) in [5, 5.41) is 0.609. The molecule has 1 aromatic carbocycles. The molecule has 3 aliphatic rings. The number of rotatable bonds is 5. The van der Waals surface area contributed by atoms with Crippen LogP contribution in [0.25, 0.3) is 0 Å². The molecular formula is C21H28N2O4S2. The van der Waals surface area contributed by atoms with Crippen LogP contribution < -0.4 is 4.74 Å². The Morgan fingerprint density at radius 1 is 1.21 bits per heavy atom. The zero-order valence-electron chi connectivity index (χ0n) is 16.7. The van der Waals surface area contributed by atoms with E-state index in [1.807, 2.05) is 29.2 Å². The van der Waals surface area contributed by atoms with Gasteiger partial charge in [0.1, 0.15) is 5.75 Å². The van der Waals surface area contributed by atoms with Gasteiger partial charge in [-0.05, 0) is 24.8 Å². The van der Waals surface area contributed by atoms with Gasteiger partial charge in [0.05, 0.1) is 24.7 Å². The number of para-hydroxylation sites is 1. The summed E-state index contributed by atoms with van der Waals surface area (Å²) in [5.41, 5.74) is 0.966. The van der Waals surface area contributed by atoms with E-state index in [2.05, 4.69) is 4.99 Å². The van der Waals surface area contributed by atoms with Gasteiger partial charge in [-0.2, -0.15) is 4.99 Å². The number of thioether (sulfide) groups is 1. The summed E-state index contributed by atoms with van der Waals surface area (Å²) >= 11 is 1.45. The summed E-state index contributed by atoms with van der Waals surface area (Å²) in [7, 11) is -1.43. The molecule has 1 amide bonds.